The molecular weight excluding hydrogens is 374 g/mol. The van der Waals surface area contributed by atoms with Crippen LogP contribution in [0.15, 0.2) is 29.2 Å². The Labute approximate surface area is 166 Å². The number of nitrogens with one attached hydrogen (secondary N) is 1. The molecule has 2 aliphatic rings. The number of nitrogens with zero attached hydrogens (tertiary/aromatic N) is 2. The van der Waals surface area contributed by atoms with Crippen LogP contribution in [-0.2, 0) is 10.0 Å². The van der Waals surface area contributed by atoms with Gasteiger partial charge in [0.05, 0.1) is 4.90 Å². The van der Waals surface area contributed by atoms with Gasteiger partial charge in [-0.3, -0.25) is 4.79 Å². The highest BCUT2D eigenvalue weighted by Gasteiger charge is 2.26. The average molecular weight is 404 g/mol. The zero-order valence-corrected chi connectivity index (χ0v) is 17.3. The molecule has 1 aromatic carbocycles. The smallest absolute Gasteiger partial charge is 0.270 e. The van der Waals surface area contributed by atoms with Gasteiger partial charge in [0.1, 0.15) is 5.69 Å². The monoisotopic (exact) mass is 403 g/mol. The van der Waals surface area contributed by atoms with Crippen LogP contribution in [0.4, 0.5) is 0 Å². The lowest BCUT2D eigenvalue weighted by Crippen LogP contribution is -2.39. The van der Waals surface area contributed by atoms with Crippen LogP contribution in [0.5, 0.6) is 0 Å². The van der Waals surface area contributed by atoms with Gasteiger partial charge in [0.25, 0.3) is 5.91 Å². The van der Waals surface area contributed by atoms with Crippen molar-refractivity contribution in [2.45, 2.75) is 50.3 Å². The Kier molecular flexibility index (Phi) is 5.47. The topological polar surface area (TPSA) is 73.5 Å². The highest BCUT2D eigenvalue weighted by molar-refractivity contribution is 7.89. The van der Waals surface area contributed by atoms with Gasteiger partial charge in [-0.1, -0.05) is 19.8 Å². The number of carbonyl (C=O) groups excluding carboxylic acids is 1. The molecule has 0 bridgehead atoms. The van der Waals surface area contributed by atoms with E-state index in [1.165, 1.54) is 0 Å². The number of likely N-dealkylation sites (tertiary alicyclic amines) is 1. The highest BCUT2D eigenvalue weighted by Crippen LogP contribution is 2.26. The second-order valence-corrected chi connectivity index (χ2v) is 10.2. The molecule has 0 radical (unpaired) electrons. The lowest BCUT2D eigenvalue weighted by Gasteiger charge is -2.30. The lowest BCUT2D eigenvalue weighted by molar-refractivity contribution is 0.0678. The largest absolute Gasteiger partial charge is 0.351 e. The zero-order valence-electron chi connectivity index (χ0n) is 16.5. The van der Waals surface area contributed by atoms with Crippen molar-refractivity contribution in [2.75, 3.05) is 26.2 Å². The Balaban J connectivity index is 1.60. The minimum atomic E-state index is -3.49. The third-order valence-electron chi connectivity index (χ3n) is 5.97. The first-order valence-electron chi connectivity index (χ1n) is 10.4. The van der Waals surface area contributed by atoms with Gasteiger partial charge < -0.3 is 9.88 Å². The Morgan fingerprint density at radius 2 is 1.79 bits per heavy atom. The van der Waals surface area contributed by atoms with E-state index in [1.54, 1.807) is 28.6 Å². The molecule has 152 valence electrons. The number of hydrogen-bond acceptors (Lipinski definition) is 3. The number of rotatable bonds is 3. The van der Waals surface area contributed by atoms with Crippen LogP contribution in [0.1, 0.15) is 55.9 Å². The summed E-state index contributed by atoms with van der Waals surface area (Å²) in [6.07, 6.45) is 6.20. The van der Waals surface area contributed by atoms with Crippen molar-refractivity contribution in [3.05, 3.63) is 30.0 Å². The maximum atomic E-state index is 13.0. The van der Waals surface area contributed by atoms with Gasteiger partial charge in [-0.15, -0.1) is 0 Å². The number of carbonyl (C=O) groups is 1. The van der Waals surface area contributed by atoms with Gasteiger partial charge in [0, 0.05) is 37.1 Å². The predicted octanol–water partition coefficient (Wildman–Crippen LogP) is 3.60. The van der Waals surface area contributed by atoms with Crippen LogP contribution < -0.4 is 0 Å². The Morgan fingerprint density at radius 1 is 1.04 bits per heavy atom. The molecule has 6 nitrogen and oxygen atoms in total. The van der Waals surface area contributed by atoms with Crippen molar-refractivity contribution in [2.24, 2.45) is 5.92 Å². The number of piperidine rings is 1. The number of aromatic nitrogens is 1. The molecule has 2 aromatic rings. The summed E-state index contributed by atoms with van der Waals surface area (Å²) < 4.78 is 27.7. The Hall–Kier alpha value is -1.86. The molecule has 1 unspecified atom stereocenters. The molecule has 0 saturated carbocycles. The molecule has 28 heavy (non-hydrogen) atoms. The molecule has 2 saturated heterocycles. The fourth-order valence-electron chi connectivity index (χ4n) is 4.36. The molecule has 0 spiro atoms. The number of fused-ring (bicyclic) bond motifs is 1. The number of benzene rings is 1. The summed E-state index contributed by atoms with van der Waals surface area (Å²) in [7, 11) is -3.49. The summed E-state index contributed by atoms with van der Waals surface area (Å²) in [6, 6.07) is 6.91. The van der Waals surface area contributed by atoms with Crippen LogP contribution >= 0.6 is 0 Å². The molecule has 7 heteroatoms. The van der Waals surface area contributed by atoms with E-state index < -0.39 is 10.0 Å². The van der Waals surface area contributed by atoms with E-state index in [0.717, 1.165) is 62.5 Å². The van der Waals surface area contributed by atoms with Crippen LogP contribution in [0, 0.1) is 5.92 Å². The molecule has 4 rings (SSSR count). The third-order valence-corrected chi connectivity index (χ3v) is 7.86. The fraction of sp³-hybridized carbons (Fsp3) is 0.571. The summed E-state index contributed by atoms with van der Waals surface area (Å²) >= 11 is 0. The van der Waals surface area contributed by atoms with Gasteiger partial charge in [0.15, 0.2) is 0 Å². The maximum Gasteiger partial charge on any atom is 0.270 e. The second kappa shape index (κ2) is 7.87. The molecule has 2 aliphatic heterocycles. The first-order chi connectivity index (χ1) is 13.4. The molecule has 1 atom stereocenters. The predicted molar refractivity (Wildman–Crippen MR) is 110 cm³/mol. The summed E-state index contributed by atoms with van der Waals surface area (Å²) in [5.74, 6) is 0.520. The van der Waals surface area contributed by atoms with Gasteiger partial charge in [-0.25, -0.2) is 8.42 Å². The standard InChI is InChI=1S/C21H29N3O3S/c1-16-7-6-10-23(15-16)21(25)20-14-17-13-18(8-9-19(17)22-20)28(26,27)24-11-4-2-3-5-12-24/h8-9,13-14,16,22H,2-7,10-12,15H2,1H3. The van der Waals surface area contributed by atoms with E-state index in [1.807, 2.05) is 4.90 Å². The second-order valence-electron chi connectivity index (χ2n) is 8.25. The number of amides is 1. The van der Waals surface area contributed by atoms with Crippen LogP contribution in [-0.4, -0.2) is 54.7 Å². The third kappa shape index (κ3) is 3.82. The van der Waals surface area contributed by atoms with E-state index in [0.29, 0.717) is 29.6 Å². The van der Waals surface area contributed by atoms with E-state index in [9.17, 15) is 13.2 Å². The van der Waals surface area contributed by atoms with Crippen molar-refractivity contribution in [1.82, 2.24) is 14.2 Å². The zero-order chi connectivity index (χ0) is 19.7. The van der Waals surface area contributed by atoms with Gasteiger partial charge in [-0.2, -0.15) is 4.31 Å². The van der Waals surface area contributed by atoms with Crippen molar-refractivity contribution in [3.8, 4) is 0 Å². The number of aromatic amines is 1. The van der Waals surface area contributed by atoms with Crippen molar-refractivity contribution in [3.63, 3.8) is 0 Å². The maximum absolute atomic E-state index is 13.0. The summed E-state index contributed by atoms with van der Waals surface area (Å²) in [4.78, 5) is 18.2. The van der Waals surface area contributed by atoms with E-state index in [2.05, 4.69) is 11.9 Å². The highest BCUT2D eigenvalue weighted by atomic mass is 32.2. The normalized spacial score (nSPS) is 22.3. The van der Waals surface area contributed by atoms with Crippen molar-refractivity contribution in [1.29, 1.82) is 0 Å². The Bertz CT molecular complexity index is 958. The van der Waals surface area contributed by atoms with Gasteiger partial charge >= 0.3 is 0 Å². The molecule has 1 N–H and O–H groups in total. The first-order valence-corrected chi connectivity index (χ1v) is 11.8. The summed E-state index contributed by atoms with van der Waals surface area (Å²) in [6.45, 7) is 4.91. The number of sulfonamides is 1. The average Bonchev–Trinajstić information content (AvgIpc) is 2.91. The molecule has 0 aliphatic carbocycles. The minimum absolute atomic E-state index is 0.000301. The molecule has 2 fully saturated rings. The molecular formula is C21H29N3O3S. The van der Waals surface area contributed by atoms with Crippen LogP contribution in [0.25, 0.3) is 10.9 Å². The van der Waals surface area contributed by atoms with Crippen LogP contribution in [0.3, 0.4) is 0 Å². The van der Waals surface area contributed by atoms with E-state index in [4.69, 9.17) is 0 Å². The lowest BCUT2D eigenvalue weighted by atomic mass is 10.00. The fourth-order valence-corrected chi connectivity index (χ4v) is 5.91. The summed E-state index contributed by atoms with van der Waals surface area (Å²) in [5.41, 5.74) is 1.33. The van der Waals surface area contributed by atoms with Gasteiger partial charge in [0.2, 0.25) is 10.0 Å². The van der Waals surface area contributed by atoms with E-state index >= 15 is 0 Å². The number of hydrogen-bond donors (Lipinski definition) is 1. The molecule has 1 amide bonds. The molecule has 3 heterocycles. The first kappa shape index (κ1) is 19.5. The SMILES string of the molecule is CC1CCCN(C(=O)c2cc3cc(S(=O)(=O)N4CCCCCC4)ccc3[nH]2)C1. The summed E-state index contributed by atoms with van der Waals surface area (Å²) in [5, 5.41) is 0.768. The van der Waals surface area contributed by atoms with E-state index in [-0.39, 0.29) is 5.91 Å². The Morgan fingerprint density at radius 3 is 2.50 bits per heavy atom. The van der Waals surface area contributed by atoms with Crippen LogP contribution in [0.2, 0.25) is 0 Å². The minimum Gasteiger partial charge on any atom is -0.351 e. The molecule has 1 aromatic heterocycles. The van der Waals surface area contributed by atoms with Crippen molar-refractivity contribution >= 4 is 26.8 Å². The number of H-pyrrole nitrogens is 1. The quantitative estimate of drug-likeness (QED) is 0.851. The van der Waals surface area contributed by atoms with Gasteiger partial charge in [-0.05, 0) is 55.9 Å². The van der Waals surface area contributed by atoms with Crippen molar-refractivity contribution < 1.29 is 13.2 Å².